The molecule has 3 rings (SSSR count). The standard InChI is InChI=1S/C20H20N4O2/c1-3-26-15-9-10-16(19(25)11-15)20(24-21)18-12-17(22-13(2)23-18)14-7-5-4-6-8-14/h4-12,25H,3,21H2,1-2H3/b24-20+. The number of nitrogens with two attached hydrogens (primary N) is 1. The molecule has 0 amide bonds. The lowest BCUT2D eigenvalue weighted by Crippen LogP contribution is -2.11. The highest BCUT2D eigenvalue weighted by atomic mass is 16.5. The molecule has 1 heterocycles. The number of rotatable bonds is 5. The number of hydrazone groups is 1. The number of hydrogen-bond acceptors (Lipinski definition) is 6. The third-order valence-electron chi connectivity index (χ3n) is 3.81. The molecule has 6 nitrogen and oxygen atoms in total. The topological polar surface area (TPSA) is 93.6 Å². The fourth-order valence-electron chi connectivity index (χ4n) is 2.69. The fourth-order valence-corrected chi connectivity index (χ4v) is 2.69. The van der Waals surface area contributed by atoms with Crippen LogP contribution < -0.4 is 10.6 Å². The highest BCUT2D eigenvalue weighted by molar-refractivity contribution is 6.13. The smallest absolute Gasteiger partial charge is 0.128 e. The Bertz CT molecular complexity index is 940. The van der Waals surface area contributed by atoms with Gasteiger partial charge in [-0.3, -0.25) is 0 Å². The van der Waals surface area contributed by atoms with Crippen LogP contribution in [0.4, 0.5) is 0 Å². The van der Waals surface area contributed by atoms with Crippen molar-refractivity contribution in [3.8, 4) is 22.8 Å². The Morgan fingerprint density at radius 1 is 1.12 bits per heavy atom. The number of nitrogens with zero attached hydrogens (tertiary/aromatic N) is 3. The molecule has 0 aliphatic heterocycles. The van der Waals surface area contributed by atoms with Gasteiger partial charge in [0.15, 0.2) is 0 Å². The summed E-state index contributed by atoms with van der Waals surface area (Å²) in [4.78, 5) is 8.93. The van der Waals surface area contributed by atoms with E-state index in [1.807, 2.05) is 50.2 Å². The van der Waals surface area contributed by atoms with E-state index < -0.39 is 0 Å². The van der Waals surface area contributed by atoms with Crippen molar-refractivity contribution in [3.63, 3.8) is 0 Å². The molecule has 26 heavy (non-hydrogen) atoms. The Labute approximate surface area is 152 Å². The summed E-state index contributed by atoms with van der Waals surface area (Å²) in [6.07, 6.45) is 0. The number of aryl methyl sites for hydroxylation is 1. The molecule has 0 fully saturated rings. The molecule has 6 heteroatoms. The number of aromatic hydroxyl groups is 1. The van der Waals surface area contributed by atoms with Gasteiger partial charge in [0.2, 0.25) is 0 Å². The molecule has 132 valence electrons. The number of ether oxygens (including phenoxy) is 1. The molecule has 0 atom stereocenters. The minimum absolute atomic E-state index is 0.0256. The molecule has 0 spiro atoms. The van der Waals surface area contributed by atoms with Gasteiger partial charge in [0.1, 0.15) is 23.0 Å². The van der Waals surface area contributed by atoms with Crippen LogP contribution in [0.15, 0.2) is 59.7 Å². The average molecular weight is 348 g/mol. The van der Waals surface area contributed by atoms with Crippen molar-refractivity contribution in [1.82, 2.24) is 9.97 Å². The Balaban J connectivity index is 2.05. The van der Waals surface area contributed by atoms with Crippen LogP contribution in [0.3, 0.4) is 0 Å². The number of hydrogen-bond donors (Lipinski definition) is 2. The quantitative estimate of drug-likeness (QED) is 0.419. The maximum Gasteiger partial charge on any atom is 0.128 e. The molecule has 0 radical (unpaired) electrons. The van der Waals surface area contributed by atoms with Gasteiger partial charge in [0, 0.05) is 17.2 Å². The lowest BCUT2D eigenvalue weighted by atomic mass is 10.0. The van der Waals surface area contributed by atoms with E-state index in [-0.39, 0.29) is 5.75 Å². The van der Waals surface area contributed by atoms with E-state index >= 15 is 0 Å². The zero-order valence-corrected chi connectivity index (χ0v) is 14.7. The van der Waals surface area contributed by atoms with Crippen molar-refractivity contribution in [2.45, 2.75) is 13.8 Å². The van der Waals surface area contributed by atoms with Crippen molar-refractivity contribution in [2.24, 2.45) is 10.9 Å². The Kier molecular flexibility index (Phi) is 5.12. The normalized spacial score (nSPS) is 11.4. The van der Waals surface area contributed by atoms with Crippen LogP contribution in [0.1, 0.15) is 24.0 Å². The Morgan fingerprint density at radius 2 is 1.88 bits per heavy atom. The second-order valence-electron chi connectivity index (χ2n) is 5.64. The lowest BCUT2D eigenvalue weighted by molar-refractivity contribution is 0.337. The SMILES string of the molecule is CCOc1ccc(/C(=N\N)c2cc(-c3ccccc3)nc(C)n2)c(O)c1. The molecule has 2 aromatic carbocycles. The lowest BCUT2D eigenvalue weighted by Gasteiger charge is -2.11. The van der Waals surface area contributed by atoms with E-state index in [2.05, 4.69) is 15.1 Å². The molecule has 0 saturated heterocycles. The summed E-state index contributed by atoms with van der Waals surface area (Å²) in [5.41, 5.74) is 3.13. The Morgan fingerprint density at radius 3 is 2.54 bits per heavy atom. The first-order valence-electron chi connectivity index (χ1n) is 8.28. The minimum atomic E-state index is 0.0256. The summed E-state index contributed by atoms with van der Waals surface area (Å²) in [7, 11) is 0. The molecule has 0 unspecified atom stereocenters. The van der Waals surface area contributed by atoms with Crippen LogP contribution >= 0.6 is 0 Å². The van der Waals surface area contributed by atoms with Gasteiger partial charge in [-0.15, -0.1) is 0 Å². The maximum absolute atomic E-state index is 10.4. The van der Waals surface area contributed by atoms with Gasteiger partial charge in [0.05, 0.1) is 18.0 Å². The monoisotopic (exact) mass is 348 g/mol. The molecule has 0 saturated carbocycles. The molecule has 3 N–H and O–H groups in total. The van der Waals surface area contributed by atoms with Crippen molar-refractivity contribution < 1.29 is 9.84 Å². The third-order valence-corrected chi connectivity index (χ3v) is 3.81. The van der Waals surface area contributed by atoms with Crippen molar-refractivity contribution in [3.05, 3.63) is 71.7 Å². The fraction of sp³-hybridized carbons (Fsp3) is 0.150. The van der Waals surface area contributed by atoms with Crippen LogP contribution in [0, 0.1) is 6.92 Å². The molecule has 1 aromatic heterocycles. The van der Waals surface area contributed by atoms with Gasteiger partial charge < -0.3 is 15.7 Å². The number of aromatic nitrogens is 2. The van der Waals surface area contributed by atoms with Gasteiger partial charge in [-0.1, -0.05) is 30.3 Å². The second kappa shape index (κ2) is 7.65. The highest BCUT2D eigenvalue weighted by Crippen LogP contribution is 2.27. The number of phenols is 1. The summed E-state index contributed by atoms with van der Waals surface area (Å²) in [5.74, 6) is 6.82. The average Bonchev–Trinajstić information content (AvgIpc) is 2.64. The van der Waals surface area contributed by atoms with Gasteiger partial charge in [-0.05, 0) is 32.0 Å². The van der Waals surface area contributed by atoms with E-state index in [1.54, 1.807) is 12.1 Å². The van der Waals surface area contributed by atoms with Crippen molar-refractivity contribution >= 4 is 5.71 Å². The zero-order valence-electron chi connectivity index (χ0n) is 14.7. The largest absolute Gasteiger partial charge is 0.507 e. The van der Waals surface area contributed by atoms with Gasteiger partial charge in [-0.25, -0.2) is 9.97 Å². The summed E-state index contributed by atoms with van der Waals surface area (Å²) in [6, 6.07) is 16.6. The predicted molar refractivity (Wildman–Crippen MR) is 101 cm³/mol. The van der Waals surface area contributed by atoms with E-state index in [9.17, 15) is 5.11 Å². The number of benzene rings is 2. The first-order valence-corrected chi connectivity index (χ1v) is 8.28. The third kappa shape index (κ3) is 3.64. The van der Waals surface area contributed by atoms with Gasteiger partial charge in [-0.2, -0.15) is 5.10 Å². The minimum Gasteiger partial charge on any atom is -0.507 e. The predicted octanol–water partition coefficient (Wildman–Crippen LogP) is 3.27. The molecule has 0 aliphatic rings. The number of phenolic OH excluding ortho intramolecular Hbond substituents is 1. The van der Waals surface area contributed by atoms with E-state index in [0.29, 0.717) is 35.1 Å². The molecule has 3 aromatic rings. The van der Waals surface area contributed by atoms with Crippen LogP contribution in [0.2, 0.25) is 0 Å². The van der Waals surface area contributed by atoms with E-state index in [4.69, 9.17) is 10.6 Å². The van der Waals surface area contributed by atoms with Crippen LogP contribution in [-0.2, 0) is 0 Å². The summed E-state index contributed by atoms with van der Waals surface area (Å²) < 4.78 is 5.40. The van der Waals surface area contributed by atoms with E-state index in [1.165, 1.54) is 6.07 Å². The maximum atomic E-state index is 10.4. The van der Waals surface area contributed by atoms with Gasteiger partial charge in [0.25, 0.3) is 0 Å². The van der Waals surface area contributed by atoms with E-state index in [0.717, 1.165) is 11.3 Å². The Hall–Kier alpha value is -3.41. The second-order valence-corrected chi connectivity index (χ2v) is 5.64. The van der Waals surface area contributed by atoms with Crippen molar-refractivity contribution in [1.29, 1.82) is 0 Å². The zero-order chi connectivity index (χ0) is 18.5. The van der Waals surface area contributed by atoms with Crippen LogP contribution in [0.25, 0.3) is 11.3 Å². The summed E-state index contributed by atoms with van der Waals surface area (Å²) in [5, 5.41) is 14.2. The molecular weight excluding hydrogens is 328 g/mol. The highest BCUT2D eigenvalue weighted by Gasteiger charge is 2.16. The van der Waals surface area contributed by atoms with Gasteiger partial charge >= 0.3 is 0 Å². The first kappa shape index (κ1) is 17.4. The molecule has 0 aliphatic carbocycles. The summed E-state index contributed by atoms with van der Waals surface area (Å²) in [6.45, 7) is 4.21. The van der Waals surface area contributed by atoms with Crippen LogP contribution in [0.5, 0.6) is 11.5 Å². The van der Waals surface area contributed by atoms with Crippen molar-refractivity contribution in [2.75, 3.05) is 6.61 Å². The molecular formula is C20H20N4O2. The molecule has 0 bridgehead atoms. The first-order chi connectivity index (χ1) is 12.6. The van der Waals surface area contributed by atoms with Crippen LogP contribution in [-0.4, -0.2) is 27.4 Å². The summed E-state index contributed by atoms with van der Waals surface area (Å²) >= 11 is 0.